The molecular weight excluding hydrogens is 1650 g/mol. The summed E-state index contributed by atoms with van der Waals surface area (Å²) in [5.74, 6) is -11.0. The number of aromatic amines is 4. The summed E-state index contributed by atoms with van der Waals surface area (Å²) in [5.41, 5.74) is 34.1. The molecule has 2 saturated heterocycles. The Morgan fingerprint density at radius 1 is 0.411 bits per heavy atom. The number of para-hydroxylation sites is 4. The van der Waals surface area contributed by atoms with Crippen molar-refractivity contribution in [1.82, 2.24) is 93.5 Å². The van der Waals surface area contributed by atoms with E-state index in [1.807, 2.05) is 119 Å². The number of carbonyl (C=O) groups is 12. The first-order valence-corrected chi connectivity index (χ1v) is 44.4. The molecule has 0 bridgehead atoms. The summed E-state index contributed by atoms with van der Waals surface area (Å²) in [5, 5.41) is 70.0. The van der Waals surface area contributed by atoms with Crippen molar-refractivity contribution in [2.45, 2.75) is 222 Å². The molecule has 2 aliphatic rings. The molecule has 694 valence electrons. The van der Waals surface area contributed by atoms with Crippen molar-refractivity contribution in [3.05, 3.63) is 144 Å². The molecule has 4 aromatic heterocycles. The van der Waals surface area contributed by atoms with Crippen LogP contribution in [0.5, 0.6) is 0 Å². The summed E-state index contributed by atoms with van der Waals surface area (Å²) >= 11 is 0. The zero-order chi connectivity index (χ0) is 93.0. The van der Waals surface area contributed by atoms with Crippen molar-refractivity contribution in [3.8, 4) is 0 Å². The van der Waals surface area contributed by atoms with Crippen LogP contribution < -0.4 is 92.5 Å². The Morgan fingerprint density at radius 3 is 1.04 bits per heavy atom. The second kappa shape index (κ2) is 47.3. The summed E-state index contributed by atoms with van der Waals surface area (Å²) in [6, 6.07) is 13.3. The number of benzene rings is 4. The van der Waals surface area contributed by atoms with Gasteiger partial charge in [-0.05, 0) is 155 Å². The molecule has 2 fully saturated rings. The van der Waals surface area contributed by atoms with Crippen molar-refractivity contribution < 1.29 is 62.6 Å². The molecule has 39 nitrogen and oxygen atoms in total. The van der Waals surface area contributed by atoms with Crippen molar-refractivity contribution in [3.63, 3.8) is 0 Å². The lowest BCUT2D eigenvalue weighted by molar-refractivity contribution is -0.143. The van der Waals surface area contributed by atoms with Crippen LogP contribution in [-0.2, 0) is 83.2 Å². The topological polar surface area (TPSA) is 641 Å². The van der Waals surface area contributed by atoms with E-state index in [2.05, 4.69) is 83.7 Å². The molecular formula is C90H126N26O13. The number of hydrogen-bond donors (Lipinski definition) is 25. The van der Waals surface area contributed by atoms with E-state index >= 15 is 33.6 Å². The predicted molar refractivity (Wildman–Crippen MR) is 490 cm³/mol. The molecule has 2 aliphatic heterocycles. The number of H-pyrrole nitrogens is 4. The lowest BCUT2D eigenvalue weighted by atomic mass is 9.97. The summed E-state index contributed by atoms with van der Waals surface area (Å²) in [6.45, 7) is 8.05. The molecule has 30 N–H and O–H groups in total. The number of likely N-dealkylation sites (tertiary alicyclic amines) is 2. The Labute approximate surface area is 747 Å². The number of carboxylic acid groups (broad SMARTS) is 1. The quantitative estimate of drug-likeness (QED) is 0.0146. The predicted octanol–water partition coefficient (Wildman–Crippen LogP) is 1.65. The van der Waals surface area contributed by atoms with E-state index in [0.717, 1.165) is 10.9 Å². The number of carboxylic acids is 1. The van der Waals surface area contributed by atoms with Crippen LogP contribution in [0.1, 0.15) is 146 Å². The first kappa shape index (κ1) is 97.6. The third kappa shape index (κ3) is 27.2. The monoisotopic (exact) mass is 1780 g/mol. The number of aromatic nitrogens is 4. The maximum Gasteiger partial charge on any atom is 0.326 e. The fraction of sp³-hybridized carbons (Fsp3) is 0.478. The van der Waals surface area contributed by atoms with Gasteiger partial charge in [-0.25, -0.2) is 4.79 Å². The number of aliphatic carboxylic acids is 1. The minimum Gasteiger partial charge on any atom is -0.480 e. The molecule has 13 atom stereocenters. The second-order valence-electron chi connectivity index (χ2n) is 33.8. The highest BCUT2D eigenvalue weighted by atomic mass is 16.4. The zero-order valence-electron chi connectivity index (χ0n) is 73.4. The molecule has 0 spiro atoms. The molecule has 129 heavy (non-hydrogen) atoms. The van der Waals surface area contributed by atoms with Crippen LogP contribution in [0.15, 0.2) is 122 Å². The highest BCUT2D eigenvalue weighted by Gasteiger charge is 2.44. The van der Waals surface area contributed by atoms with Gasteiger partial charge in [-0.3, -0.25) is 69.0 Å². The van der Waals surface area contributed by atoms with E-state index in [1.165, 1.54) is 9.80 Å². The number of nitrogens with one attached hydrogen (secondary N) is 19. The van der Waals surface area contributed by atoms with Gasteiger partial charge in [0.05, 0.1) is 6.04 Å². The van der Waals surface area contributed by atoms with Gasteiger partial charge in [-0.2, -0.15) is 0 Å². The smallest absolute Gasteiger partial charge is 0.326 e. The number of fused-ring (bicyclic) bond motifs is 4. The van der Waals surface area contributed by atoms with Crippen LogP contribution in [0.25, 0.3) is 43.6 Å². The number of hydrogen-bond acceptors (Lipinski definition) is 17. The summed E-state index contributed by atoms with van der Waals surface area (Å²) in [6.07, 6.45) is 8.83. The van der Waals surface area contributed by atoms with Crippen LogP contribution in [0.4, 0.5) is 0 Å². The standard InChI is InChI=1S/C90H126N26O13/c1-5-51(4)75(92)84(125)112-68(41-50(2)3)79(120)107-66(32-18-38-101-90(97)98)78(119)113-71(44-54-48-104-62-27-12-8-23-58(54)62)85(126)115-39-19-34-74(115)83(124)111-70(43-53-47-103-61-26-11-7-22-57(53)61)81(122)114-72(45-55-49-105-63-28-13-9-24-59(55)63)86(127)116-40-20-33-73(116)82(123)110-69(42-52-46-102-60-25-10-6-21-56(52)60)80(121)108-64(30-16-36-99-88(93)94)76(117)106-65(31-17-37-100-89(95)96)77(118)109-67(87(128)129)29-14-15-35-91/h6-13,21-28,46-51,64-75,102-105H,5,14-20,29-45,91-92H2,1-4H3,(H,106,117)(H,107,120)(H,108,121)(H,109,118)(H,110,123)(H,111,124)(H,112,125)(H,113,119)(H,114,122)(H,128,129)(H4,93,94,99)(H4,95,96,100)(H4,97,98,101)/t51-,64-,65-,66-,67-,68-,69-,70-,71-,72-,73-,74-,75-/m0/s1. The Kier molecular flexibility index (Phi) is 35.8. The van der Waals surface area contributed by atoms with E-state index in [4.69, 9.17) is 44.9 Å². The number of guanidine groups is 3. The lowest BCUT2D eigenvalue weighted by Crippen LogP contribution is -2.61. The zero-order valence-corrected chi connectivity index (χ0v) is 73.4. The summed E-state index contributed by atoms with van der Waals surface area (Å²) in [4.78, 5) is 195. The highest BCUT2D eigenvalue weighted by molar-refractivity contribution is 6.02. The first-order valence-electron chi connectivity index (χ1n) is 44.4. The first-order chi connectivity index (χ1) is 61.9. The minimum atomic E-state index is -1.49. The normalized spacial score (nSPS) is 16.4. The van der Waals surface area contributed by atoms with E-state index in [9.17, 15) is 29.1 Å². The van der Waals surface area contributed by atoms with E-state index in [1.54, 1.807) is 30.9 Å². The minimum absolute atomic E-state index is 0.00315. The average molecular weight is 1780 g/mol. The SMILES string of the molecule is CC[C@H](C)[C@H](N)C(=O)N[C@@H](CC(C)C)C(=O)N[C@@H](CCCNC(=N)N)C(=O)N[C@@H](Cc1c[nH]c2ccccc12)C(=O)N1CCC[C@H]1C(=O)N[C@@H](Cc1c[nH]c2ccccc12)C(=O)N[C@@H](Cc1c[nH]c2ccccc12)C(=O)N1CCC[C@H]1C(=O)N[C@@H](Cc1c[nH]c2ccccc12)C(=O)N[C@@H](CCCNC(=N)N)C(=O)N[C@@H](CCCNC(=N)N)C(=O)N[C@@H](CCCCN)C(=O)O. The number of nitrogens with two attached hydrogens (primary N) is 5. The van der Waals surface area contributed by atoms with Gasteiger partial charge in [0.15, 0.2) is 17.9 Å². The highest BCUT2D eigenvalue weighted by Crippen LogP contribution is 2.29. The van der Waals surface area contributed by atoms with Crippen molar-refractivity contribution in [2.24, 2.45) is 40.5 Å². The Hall–Kier alpha value is -13.6. The Bertz CT molecular complexity index is 5270. The van der Waals surface area contributed by atoms with E-state index in [-0.39, 0.29) is 165 Å². The van der Waals surface area contributed by atoms with Crippen LogP contribution in [-0.4, -0.2) is 235 Å². The fourth-order valence-corrected chi connectivity index (χ4v) is 16.7. The van der Waals surface area contributed by atoms with Crippen molar-refractivity contribution in [2.75, 3.05) is 39.3 Å². The van der Waals surface area contributed by atoms with E-state index in [0.29, 0.717) is 80.6 Å². The van der Waals surface area contributed by atoms with E-state index < -0.39 is 143 Å². The molecule has 4 aromatic carbocycles. The molecule has 0 saturated carbocycles. The van der Waals surface area contributed by atoms with Gasteiger partial charge < -0.3 is 127 Å². The number of nitrogens with zero attached hydrogens (tertiary/aromatic N) is 2. The largest absolute Gasteiger partial charge is 0.480 e. The van der Waals surface area contributed by atoms with Gasteiger partial charge in [-0.1, -0.05) is 107 Å². The van der Waals surface area contributed by atoms with Gasteiger partial charge in [-0.15, -0.1) is 0 Å². The second-order valence-corrected chi connectivity index (χ2v) is 33.8. The maximum absolute atomic E-state index is 16.1. The summed E-state index contributed by atoms with van der Waals surface area (Å²) < 4.78 is 0. The van der Waals surface area contributed by atoms with Crippen LogP contribution in [0, 0.1) is 28.1 Å². The third-order valence-electron chi connectivity index (χ3n) is 23.9. The van der Waals surface area contributed by atoms with Crippen LogP contribution in [0.2, 0.25) is 0 Å². The van der Waals surface area contributed by atoms with Crippen LogP contribution in [0.3, 0.4) is 0 Å². The number of rotatable bonds is 49. The number of amides is 11. The molecule has 10 rings (SSSR count). The molecule has 39 heteroatoms. The van der Waals surface area contributed by atoms with Crippen LogP contribution >= 0.6 is 0 Å². The van der Waals surface area contributed by atoms with Crippen molar-refractivity contribution in [1.29, 1.82) is 16.2 Å². The van der Waals surface area contributed by atoms with Gasteiger partial charge in [0.1, 0.15) is 66.5 Å². The Morgan fingerprint density at radius 2 is 0.713 bits per heavy atom. The molecule has 8 aromatic rings. The molecule has 0 aliphatic carbocycles. The van der Waals surface area contributed by atoms with Gasteiger partial charge in [0.2, 0.25) is 65.0 Å². The number of unbranched alkanes of at least 4 members (excludes halogenated alkanes) is 1. The molecule has 6 heterocycles. The third-order valence-corrected chi connectivity index (χ3v) is 23.9. The maximum atomic E-state index is 16.1. The van der Waals surface area contributed by atoms with Crippen molar-refractivity contribution >= 4 is 132 Å². The number of carbonyl (C=O) groups excluding carboxylic acids is 11. The molecule has 0 radical (unpaired) electrons. The van der Waals surface area contributed by atoms with Gasteiger partial charge in [0.25, 0.3) is 0 Å². The van der Waals surface area contributed by atoms with Gasteiger partial charge in [0, 0.05) is 127 Å². The Balaban J connectivity index is 0.942. The summed E-state index contributed by atoms with van der Waals surface area (Å²) in [7, 11) is 0. The average Bonchev–Trinajstić information content (AvgIpc) is 1.69. The molecule has 0 unspecified atom stereocenters. The van der Waals surface area contributed by atoms with Gasteiger partial charge >= 0.3 is 5.97 Å². The fourth-order valence-electron chi connectivity index (χ4n) is 16.7. The molecule has 11 amide bonds. The lowest BCUT2D eigenvalue weighted by Gasteiger charge is -2.32.